The van der Waals surface area contributed by atoms with Crippen molar-refractivity contribution < 1.29 is 0 Å². The summed E-state index contributed by atoms with van der Waals surface area (Å²) in [4.78, 5) is 1.67. The summed E-state index contributed by atoms with van der Waals surface area (Å²) in [5.41, 5.74) is 1.02. The molecule has 1 aromatic rings. The summed E-state index contributed by atoms with van der Waals surface area (Å²) in [5.74, 6) is 1.98. The minimum Gasteiger partial charge on any atom is -0.314 e. The zero-order valence-corrected chi connectivity index (χ0v) is 11.4. The Kier molecular flexibility index (Phi) is 2.09. The van der Waals surface area contributed by atoms with E-state index in [1.165, 1.54) is 38.5 Å². The highest BCUT2D eigenvalue weighted by atomic mass is 32.1. The van der Waals surface area contributed by atoms with Crippen molar-refractivity contribution in [2.45, 2.75) is 49.5 Å². The summed E-state index contributed by atoms with van der Waals surface area (Å²) in [6, 6.07) is 4.63. The molecule has 17 heavy (non-hydrogen) atoms. The van der Waals surface area contributed by atoms with Gasteiger partial charge in [-0.2, -0.15) is 0 Å². The summed E-state index contributed by atoms with van der Waals surface area (Å²) >= 11 is 1.99. The molecule has 0 saturated heterocycles. The van der Waals surface area contributed by atoms with E-state index in [0.29, 0.717) is 11.0 Å². The summed E-state index contributed by atoms with van der Waals surface area (Å²) in [5, 5.41) is 5.96. The first-order valence-electron chi connectivity index (χ1n) is 6.97. The molecule has 2 atom stereocenters. The summed E-state index contributed by atoms with van der Waals surface area (Å²) < 4.78 is 0. The van der Waals surface area contributed by atoms with Crippen molar-refractivity contribution in [3.8, 4) is 0 Å². The molecule has 0 aliphatic heterocycles. The zero-order chi connectivity index (χ0) is 11.5. The molecule has 1 aromatic heterocycles. The van der Waals surface area contributed by atoms with Crippen LogP contribution in [0.1, 0.15) is 43.4 Å². The van der Waals surface area contributed by atoms with E-state index in [4.69, 9.17) is 0 Å². The van der Waals surface area contributed by atoms with Crippen LogP contribution in [0.2, 0.25) is 0 Å². The van der Waals surface area contributed by atoms with Crippen molar-refractivity contribution in [1.29, 1.82) is 0 Å². The molecular weight excluding hydrogens is 226 g/mol. The molecule has 0 aromatic carbocycles. The normalized spacial score (nSPS) is 47.6. The fourth-order valence-corrected chi connectivity index (χ4v) is 6.37. The highest BCUT2D eigenvalue weighted by Crippen LogP contribution is 2.62. The first-order chi connectivity index (χ1) is 8.24. The van der Waals surface area contributed by atoms with Crippen LogP contribution in [0.25, 0.3) is 0 Å². The second-order valence-electron chi connectivity index (χ2n) is 6.75. The summed E-state index contributed by atoms with van der Waals surface area (Å²) in [6.07, 6.45) is 8.71. The van der Waals surface area contributed by atoms with Gasteiger partial charge in [0, 0.05) is 15.8 Å². The van der Waals surface area contributed by atoms with Crippen LogP contribution in [0.3, 0.4) is 0 Å². The number of rotatable bonds is 2. The van der Waals surface area contributed by atoms with Crippen molar-refractivity contribution >= 4 is 11.3 Å². The Balaban J connectivity index is 1.78. The average molecular weight is 247 g/mol. The summed E-state index contributed by atoms with van der Waals surface area (Å²) in [6.45, 7) is 0. The molecule has 1 heterocycles. The standard InChI is InChI=1S/C15H21NS/c1-16-15-8-11-5-12(9-15)7-14(6-11,10-15)13-3-2-4-17-13/h2-4,11-12,16H,5-10H2,1H3. The highest BCUT2D eigenvalue weighted by molar-refractivity contribution is 7.10. The Morgan fingerprint density at radius 3 is 2.59 bits per heavy atom. The van der Waals surface area contributed by atoms with Crippen LogP contribution in [0, 0.1) is 11.8 Å². The lowest BCUT2D eigenvalue weighted by molar-refractivity contribution is -0.0359. The predicted molar refractivity (Wildman–Crippen MR) is 72.5 cm³/mol. The van der Waals surface area contributed by atoms with Crippen LogP contribution in [0.5, 0.6) is 0 Å². The molecule has 4 fully saturated rings. The fourth-order valence-electron chi connectivity index (χ4n) is 5.42. The van der Waals surface area contributed by atoms with Crippen molar-refractivity contribution in [3.63, 3.8) is 0 Å². The van der Waals surface area contributed by atoms with Crippen molar-refractivity contribution in [2.75, 3.05) is 7.05 Å². The first-order valence-corrected chi connectivity index (χ1v) is 7.85. The van der Waals surface area contributed by atoms with E-state index in [1.807, 2.05) is 11.3 Å². The topological polar surface area (TPSA) is 12.0 Å². The van der Waals surface area contributed by atoms with Gasteiger partial charge in [0.15, 0.2) is 0 Å². The van der Waals surface area contributed by atoms with Gasteiger partial charge in [-0.25, -0.2) is 0 Å². The highest BCUT2D eigenvalue weighted by Gasteiger charge is 2.57. The monoisotopic (exact) mass is 247 g/mol. The van der Waals surface area contributed by atoms with E-state index < -0.39 is 0 Å². The number of thiophene rings is 1. The molecule has 5 rings (SSSR count). The number of hydrogen-bond acceptors (Lipinski definition) is 2. The van der Waals surface area contributed by atoms with E-state index in [-0.39, 0.29) is 0 Å². The molecule has 2 heteroatoms. The van der Waals surface area contributed by atoms with Crippen LogP contribution in [-0.2, 0) is 5.41 Å². The maximum Gasteiger partial charge on any atom is 0.0192 e. The second kappa shape index (κ2) is 3.36. The maximum absolute atomic E-state index is 3.70. The third-order valence-corrected chi connectivity index (χ3v) is 6.75. The van der Waals surface area contributed by atoms with Crippen LogP contribution < -0.4 is 5.32 Å². The van der Waals surface area contributed by atoms with E-state index >= 15 is 0 Å². The lowest BCUT2D eigenvalue weighted by atomic mass is 9.46. The van der Waals surface area contributed by atoms with Gasteiger partial charge in [0.25, 0.3) is 0 Å². The molecule has 0 spiro atoms. The predicted octanol–water partition coefficient (Wildman–Crippen LogP) is 3.56. The maximum atomic E-state index is 3.70. The molecule has 1 nitrogen and oxygen atoms in total. The molecule has 2 unspecified atom stereocenters. The molecule has 92 valence electrons. The van der Waals surface area contributed by atoms with E-state index in [0.717, 1.165) is 11.8 Å². The van der Waals surface area contributed by atoms with Crippen LogP contribution in [0.4, 0.5) is 0 Å². The van der Waals surface area contributed by atoms with Gasteiger partial charge in [-0.05, 0) is 68.9 Å². The average Bonchev–Trinajstić information content (AvgIpc) is 2.81. The van der Waals surface area contributed by atoms with Gasteiger partial charge >= 0.3 is 0 Å². The molecule has 0 amide bonds. The lowest BCUT2D eigenvalue weighted by Crippen LogP contribution is -2.62. The molecule has 4 aliphatic rings. The Bertz CT molecular complexity index is 408. The largest absolute Gasteiger partial charge is 0.314 e. The molecule has 4 bridgehead atoms. The molecule has 4 aliphatic carbocycles. The Labute approximate surface area is 108 Å². The van der Waals surface area contributed by atoms with Gasteiger partial charge in [0.05, 0.1) is 0 Å². The fraction of sp³-hybridized carbons (Fsp3) is 0.733. The Morgan fingerprint density at radius 2 is 2.00 bits per heavy atom. The molecule has 0 radical (unpaired) electrons. The van der Waals surface area contributed by atoms with Gasteiger partial charge in [-0.15, -0.1) is 11.3 Å². The van der Waals surface area contributed by atoms with Crippen LogP contribution in [-0.4, -0.2) is 12.6 Å². The van der Waals surface area contributed by atoms with Crippen molar-refractivity contribution in [3.05, 3.63) is 22.4 Å². The zero-order valence-electron chi connectivity index (χ0n) is 10.5. The number of nitrogens with one attached hydrogen (secondary N) is 1. The third-order valence-electron chi connectivity index (χ3n) is 5.64. The summed E-state index contributed by atoms with van der Waals surface area (Å²) in [7, 11) is 2.19. The van der Waals surface area contributed by atoms with Gasteiger partial charge < -0.3 is 5.32 Å². The first kappa shape index (κ1) is 10.6. The van der Waals surface area contributed by atoms with Gasteiger partial charge in [0.2, 0.25) is 0 Å². The Hall–Kier alpha value is -0.340. The second-order valence-corrected chi connectivity index (χ2v) is 7.70. The number of hydrogen-bond donors (Lipinski definition) is 1. The van der Waals surface area contributed by atoms with E-state index in [1.54, 1.807) is 4.88 Å². The Morgan fingerprint density at radius 1 is 1.24 bits per heavy atom. The van der Waals surface area contributed by atoms with E-state index in [2.05, 4.69) is 29.9 Å². The van der Waals surface area contributed by atoms with Crippen molar-refractivity contribution in [2.24, 2.45) is 11.8 Å². The van der Waals surface area contributed by atoms with Crippen LogP contribution in [0.15, 0.2) is 17.5 Å². The quantitative estimate of drug-likeness (QED) is 0.842. The molecule has 4 saturated carbocycles. The molecule has 1 N–H and O–H groups in total. The minimum atomic E-state index is 0.480. The lowest BCUT2D eigenvalue weighted by Gasteiger charge is -2.62. The van der Waals surface area contributed by atoms with E-state index in [9.17, 15) is 0 Å². The SMILES string of the molecule is CNC12CC3CC(C1)CC(c1cccs1)(C3)C2. The smallest absolute Gasteiger partial charge is 0.0192 e. The molecular formula is C15H21NS. The van der Waals surface area contributed by atoms with Gasteiger partial charge in [-0.3, -0.25) is 0 Å². The minimum absolute atomic E-state index is 0.480. The van der Waals surface area contributed by atoms with Crippen LogP contribution >= 0.6 is 11.3 Å². The van der Waals surface area contributed by atoms with Gasteiger partial charge in [0.1, 0.15) is 0 Å². The third kappa shape index (κ3) is 1.40. The van der Waals surface area contributed by atoms with Gasteiger partial charge in [-0.1, -0.05) is 6.07 Å². The van der Waals surface area contributed by atoms with Crippen molar-refractivity contribution in [1.82, 2.24) is 5.32 Å².